The lowest BCUT2D eigenvalue weighted by Crippen LogP contribution is -1.81. The van der Waals surface area contributed by atoms with Gasteiger partial charge >= 0.3 is 0 Å². The minimum atomic E-state index is 0.0741. The number of ketones is 1. The molecule has 0 N–H and O–H groups in total. The molecular formula is C8H13N3O. The van der Waals surface area contributed by atoms with Crippen molar-refractivity contribution in [3.8, 4) is 0 Å². The predicted octanol–water partition coefficient (Wildman–Crippen LogP) is 2.61. The Balaban J connectivity index is 3.21. The standard InChI is InChI=1S/C8H13N3O/c1-8(12)6-4-2-3-5-7-10-11-9/h4,6H,2-3,5,7H2,1H3/b6-4+. The second-order valence-electron chi connectivity index (χ2n) is 2.46. The van der Waals surface area contributed by atoms with Crippen molar-refractivity contribution in [2.75, 3.05) is 6.54 Å². The van der Waals surface area contributed by atoms with Crippen molar-refractivity contribution in [1.29, 1.82) is 0 Å². The molecule has 0 radical (unpaired) electrons. The van der Waals surface area contributed by atoms with Gasteiger partial charge in [-0.2, -0.15) is 0 Å². The summed E-state index contributed by atoms with van der Waals surface area (Å²) in [5.74, 6) is 0.0741. The highest BCUT2D eigenvalue weighted by Gasteiger charge is 1.84. The summed E-state index contributed by atoms with van der Waals surface area (Å²) < 4.78 is 0. The summed E-state index contributed by atoms with van der Waals surface area (Å²) in [7, 11) is 0. The molecule has 0 aliphatic heterocycles. The van der Waals surface area contributed by atoms with Crippen LogP contribution in [0.2, 0.25) is 0 Å². The van der Waals surface area contributed by atoms with Crippen molar-refractivity contribution in [3.63, 3.8) is 0 Å². The van der Waals surface area contributed by atoms with Gasteiger partial charge in [0.25, 0.3) is 0 Å². The summed E-state index contributed by atoms with van der Waals surface area (Å²) in [4.78, 5) is 13.1. The van der Waals surface area contributed by atoms with E-state index >= 15 is 0 Å². The molecule has 0 atom stereocenters. The van der Waals surface area contributed by atoms with Crippen molar-refractivity contribution in [1.82, 2.24) is 0 Å². The Morgan fingerprint density at radius 2 is 2.33 bits per heavy atom. The van der Waals surface area contributed by atoms with Crippen molar-refractivity contribution in [2.24, 2.45) is 5.11 Å². The number of carbonyl (C=O) groups is 1. The molecular weight excluding hydrogens is 154 g/mol. The lowest BCUT2D eigenvalue weighted by atomic mass is 10.2. The Bertz CT molecular complexity index is 204. The normalized spacial score (nSPS) is 9.75. The van der Waals surface area contributed by atoms with E-state index in [1.54, 1.807) is 6.08 Å². The first-order valence-corrected chi connectivity index (χ1v) is 3.95. The van der Waals surface area contributed by atoms with Crippen LogP contribution in [0.15, 0.2) is 17.3 Å². The number of nitrogens with zero attached hydrogens (tertiary/aromatic N) is 3. The molecule has 12 heavy (non-hydrogen) atoms. The van der Waals surface area contributed by atoms with Gasteiger partial charge in [-0.25, -0.2) is 0 Å². The van der Waals surface area contributed by atoms with E-state index in [1.165, 1.54) is 6.92 Å². The van der Waals surface area contributed by atoms with E-state index in [4.69, 9.17) is 5.53 Å². The molecule has 0 aromatic rings. The molecule has 0 bridgehead atoms. The average molecular weight is 167 g/mol. The Hall–Kier alpha value is -1.28. The molecule has 0 fully saturated rings. The first-order chi connectivity index (χ1) is 5.77. The number of rotatable bonds is 6. The third-order valence-corrected chi connectivity index (χ3v) is 1.29. The Labute approximate surface area is 71.9 Å². The predicted molar refractivity (Wildman–Crippen MR) is 47.7 cm³/mol. The maximum absolute atomic E-state index is 10.4. The molecule has 4 nitrogen and oxygen atoms in total. The zero-order valence-corrected chi connectivity index (χ0v) is 7.23. The zero-order valence-electron chi connectivity index (χ0n) is 7.23. The third kappa shape index (κ3) is 8.72. The SMILES string of the molecule is CC(=O)/C=C/CCCCN=[N+]=[N-]. The smallest absolute Gasteiger partial charge is 0.152 e. The molecule has 0 saturated heterocycles. The van der Waals surface area contributed by atoms with E-state index in [2.05, 4.69) is 10.0 Å². The van der Waals surface area contributed by atoms with Crippen molar-refractivity contribution in [3.05, 3.63) is 22.6 Å². The highest BCUT2D eigenvalue weighted by Crippen LogP contribution is 1.96. The third-order valence-electron chi connectivity index (χ3n) is 1.29. The summed E-state index contributed by atoms with van der Waals surface area (Å²) >= 11 is 0. The Morgan fingerprint density at radius 3 is 2.92 bits per heavy atom. The number of unbranched alkanes of at least 4 members (excludes halogenated alkanes) is 2. The molecule has 0 aromatic heterocycles. The highest BCUT2D eigenvalue weighted by atomic mass is 16.1. The molecule has 0 amide bonds. The second kappa shape index (κ2) is 7.82. The molecule has 4 heteroatoms. The summed E-state index contributed by atoms with van der Waals surface area (Å²) in [5, 5.41) is 3.39. The van der Waals surface area contributed by atoms with Crippen LogP contribution in [0.1, 0.15) is 26.2 Å². The minimum absolute atomic E-state index is 0.0741. The Morgan fingerprint density at radius 1 is 1.58 bits per heavy atom. The molecule has 0 saturated carbocycles. The number of carbonyl (C=O) groups excluding carboxylic acids is 1. The summed E-state index contributed by atoms with van der Waals surface area (Å²) in [6, 6.07) is 0. The second-order valence-corrected chi connectivity index (χ2v) is 2.46. The lowest BCUT2D eigenvalue weighted by Gasteiger charge is -1.90. The quantitative estimate of drug-likeness (QED) is 0.197. The van der Waals surface area contributed by atoms with E-state index < -0.39 is 0 Å². The number of hydrogen-bond acceptors (Lipinski definition) is 2. The molecule has 0 unspecified atom stereocenters. The number of azide groups is 1. The zero-order chi connectivity index (χ0) is 9.23. The molecule has 0 rings (SSSR count). The van der Waals surface area contributed by atoms with Crippen LogP contribution in [0.4, 0.5) is 0 Å². The fraction of sp³-hybridized carbons (Fsp3) is 0.625. The average Bonchev–Trinajstić information content (AvgIpc) is 2.02. The molecule has 0 aliphatic carbocycles. The summed E-state index contributed by atoms with van der Waals surface area (Å²) in [6.07, 6.45) is 6.13. The van der Waals surface area contributed by atoms with Crippen LogP contribution in [-0.2, 0) is 4.79 Å². The van der Waals surface area contributed by atoms with E-state index in [0.717, 1.165) is 19.3 Å². The topological polar surface area (TPSA) is 65.8 Å². The van der Waals surface area contributed by atoms with Crippen molar-refractivity contribution < 1.29 is 4.79 Å². The molecule has 0 spiro atoms. The largest absolute Gasteiger partial charge is 0.295 e. The van der Waals surface area contributed by atoms with Gasteiger partial charge in [0.2, 0.25) is 0 Å². The van der Waals surface area contributed by atoms with Crippen LogP contribution in [0.25, 0.3) is 10.4 Å². The van der Waals surface area contributed by atoms with Crippen LogP contribution in [0, 0.1) is 0 Å². The van der Waals surface area contributed by atoms with Gasteiger partial charge in [-0.3, -0.25) is 4.79 Å². The van der Waals surface area contributed by atoms with Crippen molar-refractivity contribution >= 4 is 5.78 Å². The number of hydrogen-bond donors (Lipinski definition) is 0. The van der Waals surface area contributed by atoms with Gasteiger partial charge in [0.15, 0.2) is 5.78 Å². The van der Waals surface area contributed by atoms with E-state index in [1.807, 2.05) is 6.08 Å². The van der Waals surface area contributed by atoms with Crippen LogP contribution < -0.4 is 0 Å². The molecule has 0 aliphatic rings. The van der Waals surface area contributed by atoms with Crippen LogP contribution >= 0.6 is 0 Å². The van der Waals surface area contributed by atoms with Gasteiger partial charge in [-0.15, -0.1) is 0 Å². The van der Waals surface area contributed by atoms with Crippen LogP contribution in [0.3, 0.4) is 0 Å². The number of allylic oxidation sites excluding steroid dienone is 2. The van der Waals surface area contributed by atoms with E-state index in [-0.39, 0.29) is 5.78 Å². The molecule has 0 aromatic carbocycles. The first-order valence-electron chi connectivity index (χ1n) is 3.95. The minimum Gasteiger partial charge on any atom is -0.295 e. The van der Waals surface area contributed by atoms with Gasteiger partial charge in [0.1, 0.15) is 0 Å². The monoisotopic (exact) mass is 167 g/mol. The van der Waals surface area contributed by atoms with Crippen molar-refractivity contribution in [2.45, 2.75) is 26.2 Å². The first kappa shape index (κ1) is 10.7. The van der Waals surface area contributed by atoms with Gasteiger partial charge in [-0.1, -0.05) is 11.2 Å². The van der Waals surface area contributed by atoms with Gasteiger partial charge in [0, 0.05) is 11.5 Å². The fourth-order valence-corrected chi connectivity index (χ4v) is 0.739. The maximum atomic E-state index is 10.4. The summed E-state index contributed by atoms with van der Waals surface area (Å²) in [5.41, 5.74) is 7.94. The van der Waals surface area contributed by atoms with E-state index in [0.29, 0.717) is 6.54 Å². The fourth-order valence-electron chi connectivity index (χ4n) is 0.739. The van der Waals surface area contributed by atoms with Crippen LogP contribution in [-0.4, -0.2) is 12.3 Å². The maximum Gasteiger partial charge on any atom is 0.152 e. The van der Waals surface area contributed by atoms with Gasteiger partial charge < -0.3 is 0 Å². The molecule has 66 valence electrons. The van der Waals surface area contributed by atoms with Gasteiger partial charge in [0.05, 0.1) is 0 Å². The van der Waals surface area contributed by atoms with Crippen LogP contribution in [0.5, 0.6) is 0 Å². The van der Waals surface area contributed by atoms with Gasteiger partial charge in [-0.05, 0) is 37.8 Å². The molecule has 0 heterocycles. The van der Waals surface area contributed by atoms with E-state index in [9.17, 15) is 4.79 Å². The lowest BCUT2D eigenvalue weighted by molar-refractivity contribution is -0.112. The highest BCUT2D eigenvalue weighted by molar-refractivity contribution is 5.87. The Kier molecular flexibility index (Phi) is 6.99. The summed E-state index contributed by atoms with van der Waals surface area (Å²) in [6.45, 7) is 2.07.